The van der Waals surface area contributed by atoms with E-state index in [1.165, 1.54) is 0 Å². The lowest BCUT2D eigenvalue weighted by Gasteiger charge is -2.08. The van der Waals surface area contributed by atoms with Gasteiger partial charge in [0.2, 0.25) is 0 Å². The molecule has 0 aliphatic heterocycles. The van der Waals surface area contributed by atoms with Crippen LogP contribution in [0.2, 0.25) is 10.0 Å². The molecule has 0 amide bonds. The SMILES string of the molecule is Cc1c(-c2ccc(Cl)cc2Cl)n[nH]c(=O)c1C. The molecule has 0 aliphatic carbocycles. The molecule has 0 saturated heterocycles. The van der Waals surface area contributed by atoms with Crippen LogP contribution in [0.25, 0.3) is 11.3 Å². The lowest BCUT2D eigenvalue weighted by molar-refractivity contribution is 0.959. The molecule has 2 aromatic rings. The molecule has 0 unspecified atom stereocenters. The molecule has 0 spiro atoms. The van der Waals surface area contributed by atoms with Gasteiger partial charge in [0.05, 0.1) is 10.7 Å². The number of hydrogen-bond acceptors (Lipinski definition) is 2. The van der Waals surface area contributed by atoms with Crippen LogP contribution < -0.4 is 5.56 Å². The van der Waals surface area contributed by atoms with Crippen molar-refractivity contribution >= 4 is 23.2 Å². The van der Waals surface area contributed by atoms with Crippen LogP contribution in [0.5, 0.6) is 0 Å². The van der Waals surface area contributed by atoms with Crippen molar-refractivity contribution in [3.63, 3.8) is 0 Å². The van der Waals surface area contributed by atoms with E-state index in [-0.39, 0.29) is 5.56 Å². The second-order valence-corrected chi connectivity index (χ2v) is 4.62. The van der Waals surface area contributed by atoms with Crippen LogP contribution >= 0.6 is 23.2 Å². The molecule has 0 atom stereocenters. The van der Waals surface area contributed by atoms with Crippen molar-refractivity contribution in [2.24, 2.45) is 0 Å². The van der Waals surface area contributed by atoms with Crippen LogP contribution in [0, 0.1) is 13.8 Å². The van der Waals surface area contributed by atoms with Crippen molar-refractivity contribution in [2.45, 2.75) is 13.8 Å². The molecule has 1 heterocycles. The van der Waals surface area contributed by atoms with Crippen LogP contribution in [0.3, 0.4) is 0 Å². The number of nitrogens with zero attached hydrogens (tertiary/aromatic N) is 1. The molecule has 5 heteroatoms. The van der Waals surface area contributed by atoms with Gasteiger partial charge in [-0.3, -0.25) is 4.79 Å². The first-order valence-electron chi connectivity index (χ1n) is 5.02. The molecule has 0 aliphatic rings. The molecule has 88 valence electrons. The van der Waals surface area contributed by atoms with E-state index in [9.17, 15) is 4.79 Å². The standard InChI is InChI=1S/C12H10Cl2N2O/c1-6-7(2)12(17)16-15-11(6)9-4-3-8(13)5-10(9)14/h3-5H,1-2H3,(H,16,17). The van der Waals surface area contributed by atoms with Crippen molar-refractivity contribution in [2.75, 3.05) is 0 Å². The van der Waals surface area contributed by atoms with E-state index in [2.05, 4.69) is 10.2 Å². The minimum atomic E-state index is -0.184. The van der Waals surface area contributed by atoms with Gasteiger partial charge in [0.15, 0.2) is 0 Å². The number of rotatable bonds is 1. The Kier molecular flexibility index (Phi) is 3.22. The molecule has 2 rings (SSSR count). The molecule has 0 saturated carbocycles. The van der Waals surface area contributed by atoms with Gasteiger partial charge in [-0.15, -0.1) is 0 Å². The Hall–Kier alpha value is -1.32. The monoisotopic (exact) mass is 268 g/mol. The van der Waals surface area contributed by atoms with E-state index in [0.717, 1.165) is 11.1 Å². The number of halogens is 2. The van der Waals surface area contributed by atoms with E-state index >= 15 is 0 Å². The average Bonchev–Trinajstić information content (AvgIpc) is 2.28. The second-order valence-electron chi connectivity index (χ2n) is 3.78. The van der Waals surface area contributed by atoms with Gasteiger partial charge in [-0.2, -0.15) is 5.10 Å². The zero-order chi connectivity index (χ0) is 12.6. The number of benzene rings is 1. The van der Waals surface area contributed by atoms with Crippen LogP contribution in [0.1, 0.15) is 11.1 Å². The number of nitrogens with one attached hydrogen (secondary N) is 1. The quantitative estimate of drug-likeness (QED) is 0.862. The summed E-state index contributed by atoms with van der Waals surface area (Å²) in [6.45, 7) is 3.60. The fourth-order valence-electron chi connectivity index (χ4n) is 1.57. The van der Waals surface area contributed by atoms with Gasteiger partial charge in [0, 0.05) is 16.1 Å². The fraction of sp³-hybridized carbons (Fsp3) is 0.167. The maximum absolute atomic E-state index is 11.4. The molecular formula is C12H10Cl2N2O. The highest BCUT2D eigenvalue weighted by Crippen LogP contribution is 2.30. The van der Waals surface area contributed by atoms with E-state index in [4.69, 9.17) is 23.2 Å². The van der Waals surface area contributed by atoms with E-state index in [1.54, 1.807) is 25.1 Å². The van der Waals surface area contributed by atoms with Crippen LogP contribution in [0.4, 0.5) is 0 Å². The van der Waals surface area contributed by atoms with Gasteiger partial charge in [-0.05, 0) is 37.6 Å². The fourth-order valence-corrected chi connectivity index (χ4v) is 2.06. The van der Waals surface area contributed by atoms with Gasteiger partial charge in [-0.1, -0.05) is 23.2 Å². The molecule has 0 fully saturated rings. The summed E-state index contributed by atoms with van der Waals surface area (Å²) in [7, 11) is 0. The Morgan fingerprint density at radius 3 is 2.53 bits per heavy atom. The average molecular weight is 269 g/mol. The van der Waals surface area contributed by atoms with Gasteiger partial charge in [0.25, 0.3) is 5.56 Å². The summed E-state index contributed by atoms with van der Waals surface area (Å²) in [5.41, 5.74) is 2.70. The molecular weight excluding hydrogens is 259 g/mol. The predicted octanol–water partition coefficient (Wildman–Crippen LogP) is 3.36. The van der Waals surface area contributed by atoms with Gasteiger partial charge < -0.3 is 0 Å². The Morgan fingerprint density at radius 2 is 1.88 bits per heavy atom. The summed E-state index contributed by atoms with van der Waals surface area (Å²) < 4.78 is 0. The zero-order valence-electron chi connectivity index (χ0n) is 9.34. The number of H-pyrrole nitrogens is 1. The van der Waals surface area contributed by atoms with Crippen LogP contribution in [-0.2, 0) is 0 Å². The predicted molar refractivity (Wildman–Crippen MR) is 69.8 cm³/mol. The van der Waals surface area contributed by atoms with Gasteiger partial charge in [-0.25, -0.2) is 5.10 Å². The molecule has 1 aromatic heterocycles. The highest BCUT2D eigenvalue weighted by molar-refractivity contribution is 6.36. The van der Waals surface area contributed by atoms with Crippen LogP contribution in [0.15, 0.2) is 23.0 Å². The highest BCUT2D eigenvalue weighted by atomic mass is 35.5. The topological polar surface area (TPSA) is 45.8 Å². The third-order valence-corrected chi connectivity index (χ3v) is 3.26. The maximum Gasteiger partial charge on any atom is 0.267 e. The third-order valence-electron chi connectivity index (χ3n) is 2.71. The van der Waals surface area contributed by atoms with Crippen molar-refractivity contribution in [1.82, 2.24) is 10.2 Å². The Balaban J connectivity index is 2.69. The van der Waals surface area contributed by atoms with Gasteiger partial charge in [0.1, 0.15) is 0 Å². The van der Waals surface area contributed by atoms with Crippen molar-refractivity contribution in [3.05, 3.63) is 49.7 Å². The largest absolute Gasteiger partial charge is 0.268 e. The summed E-state index contributed by atoms with van der Waals surface area (Å²) in [5.74, 6) is 0. The summed E-state index contributed by atoms with van der Waals surface area (Å²) in [5, 5.41) is 7.57. The number of aromatic amines is 1. The first kappa shape index (κ1) is 12.1. The normalized spacial score (nSPS) is 10.6. The lowest BCUT2D eigenvalue weighted by Crippen LogP contribution is -2.14. The summed E-state index contributed by atoms with van der Waals surface area (Å²) in [4.78, 5) is 11.4. The first-order chi connectivity index (χ1) is 8.00. The minimum Gasteiger partial charge on any atom is -0.268 e. The Bertz CT molecular complexity index is 635. The molecule has 0 bridgehead atoms. The van der Waals surface area contributed by atoms with E-state index in [0.29, 0.717) is 21.3 Å². The van der Waals surface area contributed by atoms with E-state index < -0.39 is 0 Å². The minimum absolute atomic E-state index is 0.184. The Morgan fingerprint density at radius 1 is 1.18 bits per heavy atom. The lowest BCUT2D eigenvalue weighted by atomic mass is 10.0. The third kappa shape index (κ3) is 2.21. The molecule has 0 radical (unpaired) electrons. The second kappa shape index (κ2) is 4.51. The smallest absolute Gasteiger partial charge is 0.267 e. The van der Waals surface area contributed by atoms with Crippen molar-refractivity contribution < 1.29 is 0 Å². The molecule has 1 aromatic carbocycles. The summed E-state index contributed by atoms with van der Waals surface area (Å²) in [6, 6.07) is 5.18. The van der Waals surface area contributed by atoms with Crippen molar-refractivity contribution in [1.29, 1.82) is 0 Å². The Labute approximate surface area is 108 Å². The molecule has 17 heavy (non-hydrogen) atoms. The molecule has 1 N–H and O–H groups in total. The van der Waals surface area contributed by atoms with Gasteiger partial charge >= 0.3 is 0 Å². The number of aromatic nitrogens is 2. The highest BCUT2D eigenvalue weighted by Gasteiger charge is 2.11. The van der Waals surface area contributed by atoms with Crippen LogP contribution in [-0.4, -0.2) is 10.2 Å². The molecule has 3 nitrogen and oxygen atoms in total. The summed E-state index contributed by atoms with van der Waals surface area (Å²) in [6.07, 6.45) is 0. The first-order valence-corrected chi connectivity index (χ1v) is 5.77. The van der Waals surface area contributed by atoms with E-state index in [1.807, 2.05) is 6.92 Å². The maximum atomic E-state index is 11.4. The summed E-state index contributed by atoms with van der Waals surface area (Å²) >= 11 is 11.9. The number of hydrogen-bond donors (Lipinski definition) is 1. The zero-order valence-corrected chi connectivity index (χ0v) is 10.9. The van der Waals surface area contributed by atoms with Crippen molar-refractivity contribution in [3.8, 4) is 11.3 Å².